The number of hydrogen-bond donors (Lipinski definition) is 18. The van der Waals surface area contributed by atoms with Gasteiger partial charge in [-0.2, -0.15) is 0 Å². The van der Waals surface area contributed by atoms with Crippen LogP contribution in [0.3, 0.4) is 0 Å². The number of nitrogens with one attached hydrogen (secondary N) is 8. The van der Waals surface area contributed by atoms with E-state index in [9.17, 15) is 112 Å². The molecule has 0 aliphatic carbocycles. The summed E-state index contributed by atoms with van der Waals surface area (Å²) in [4.78, 5) is 226. The number of hydrogen-bond acceptors (Lipinski definition) is 21. The van der Waals surface area contributed by atoms with Gasteiger partial charge in [-0.25, -0.2) is 4.79 Å². The Morgan fingerprint density at radius 1 is 0.505 bits per heavy atom. The van der Waals surface area contributed by atoms with Crippen molar-refractivity contribution in [3.8, 4) is 5.75 Å². The standard InChI is InChI=1S/C57H83N15O23/c1-27(74)46(69-47(84)30(58)26-73)53(90)66-34(15-19-45(82)83)56(93)71-21-3-6-38(71)51(88)65-33(13-17-41(60)77)55(92)72-22-4-7-39(72)52(89)67-35(23-28-8-10-29(75)11-9-28)49(86)64-32(12-16-40(59)76)54(91)70-20-2-5-37(70)50(87)62-25-43(79)63-31(14-18-44(80)81)48(85)68-36(57(94)95)24-42(61)78/h8-11,27,30-39,46,73-75H,2-7,12-26,58H2,1H3,(H2,59,76)(H2,60,77)(H2,61,78)(H,62,87)(H,63,79)(H,64,86)(H,65,88)(H,66,90)(H,67,89)(H,68,85)(H,69,84)(H,80,81)(H,82,83)(H,94,95)/t27-,30+,31+,32+,33+,34+,35+,36+,37+,38+,39-,46+/m1/s1. The number of aromatic hydroxyl groups is 1. The van der Waals surface area contributed by atoms with Crippen LogP contribution in [0.5, 0.6) is 5.75 Å². The van der Waals surface area contributed by atoms with Crippen molar-refractivity contribution in [2.75, 3.05) is 32.8 Å². The second-order valence-corrected chi connectivity index (χ2v) is 23.0. The fourth-order valence-electron chi connectivity index (χ4n) is 10.8. The molecule has 95 heavy (non-hydrogen) atoms. The largest absolute Gasteiger partial charge is 0.508 e. The van der Waals surface area contributed by atoms with E-state index in [0.29, 0.717) is 5.56 Å². The molecule has 3 aliphatic rings. The van der Waals surface area contributed by atoms with E-state index in [1.165, 1.54) is 24.3 Å². The minimum absolute atomic E-state index is 0.00348. The van der Waals surface area contributed by atoms with Crippen LogP contribution in [-0.2, 0) is 87.9 Å². The van der Waals surface area contributed by atoms with E-state index in [0.717, 1.165) is 21.6 Å². The Hall–Kier alpha value is -10.1. The van der Waals surface area contributed by atoms with E-state index in [2.05, 4.69) is 37.2 Å². The van der Waals surface area contributed by atoms with E-state index in [1.807, 2.05) is 5.32 Å². The zero-order valence-corrected chi connectivity index (χ0v) is 51.9. The highest BCUT2D eigenvalue weighted by atomic mass is 16.4. The van der Waals surface area contributed by atoms with Gasteiger partial charge < -0.3 is 111 Å². The summed E-state index contributed by atoms with van der Waals surface area (Å²) in [6.07, 6.45) is -6.71. The minimum atomic E-state index is -1.85. The van der Waals surface area contributed by atoms with Crippen molar-refractivity contribution in [1.82, 2.24) is 57.2 Å². The van der Waals surface area contributed by atoms with Crippen LogP contribution in [0.25, 0.3) is 0 Å². The van der Waals surface area contributed by atoms with Crippen LogP contribution in [0.15, 0.2) is 24.3 Å². The second kappa shape index (κ2) is 37.0. The Kier molecular flexibility index (Phi) is 30.1. The average Bonchev–Trinajstić information content (AvgIpc) is 1.76. The Labute approximate surface area is 542 Å². The van der Waals surface area contributed by atoms with Gasteiger partial charge in [-0.3, -0.25) is 76.7 Å². The average molecular weight is 1350 g/mol. The summed E-state index contributed by atoms with van der Waals surface area (Å²) in [6.45, 7) is -0.944. The van der Waals surface area contributed by atoms with Crippen LogP contribution in [0.2, 0.25) is 0 Å². The fourth-order valence-corrected chi connectivity index (χ4v) is 10.8. The van der Waals surface area contributed by atoms with E-state index in [-0.39, 0.29) is 70.3 Å². The van der Waals surface area contributed by atoms with Crippen molar-refractivity contribution in [2.45, 2.75) is 182 Å². The number of phenols is 1. The molecule has 38 heteroatoms. The van der Waals surface area contributed by atoms with Crippen molar-refractivity contribution >= 4 is 101 Å². The third-order valence-corrected chi connectivity index (χ3v) is 15.7. The van der Waals surface area contributed by atoms with Gasteiger partial charge in [-0.1, -0.05) is 12.1 Å². The van der Waals surface area contributed by atoms with Crippen LogP contribution in [-0.4, -0.2) is 251 Å². The number of aliphatic hydroxyl groups is 2. The molecule has 3 aliphatic heterocycles. The number of carbonyl (C=O) groups excluding carboxylic acids is 14. The lowest BCUT2D eigenvalue weighted by atomic mass is 10.0. The number of carbonyl (C=O) groups is 17. The van der Waals surface area contributed by atoms with Gasteiger partial charge in [0.05, 0.1) is 25.7 Å². The number of nitrogens with two attached hydrogens (primary N) is 4. The molecular formula is C57H83N15O23. The first kappa shape index (κ1) is 77.3. The molecule has 3 heterocycles. The van der Waals surface area contributed by atoms with Crippen LogP contribution in [0.1, 0.15) is 109 Å². The molecule has 0 aromatic heterocycles. The Morgan fingerprint density at radius 2 is 0.916 bits per heavy atom. The Morgan fingerprint density at radius 3 is 1.35 bits per heavy atom. The summed E-state index contributed by atoms with van der Waals surface area (Å²) < 4.78 is 0. The minimum Gasteiger partial charge on any atom is -0.508 e. The molecule has 0 bridgehead atoms. The van der Waals surface area contributed by atoms with E-state index in [1.54, 1.807) is 0 Å². The van der Waals surface area contributed by atoms with Gasteiger partial charge >= 0.3 is 17.9 Å². The third kappa shape index (κ3) is 24.1. The van der Waals surface area contributed by atoms with Crippen molar-refractivity contribution < 1.29 is 112 Å². The molecule has 4 rings (SSSR count). The van der Waals surface area contributed by atoms with Gasteiger partial charge in [0.1, 0.15) is 72.2 Å². The highest BCUT2D eigenvalue weighted by Gasteiger charge is 2.44. The van der Waals surface area contributed by atoms with Crippen LogP contribution >= 0.6 is 0 Å². The van der Waals surface area contributed by atoms with Crippen molar-refractivity contribution in [3.05, 3.63) is 29.8 Å². The van der Waals surface area contributed by atoms with E-state index < -0.39 is 244 Å². The molecular weight excluding hydrogens is 1260 g/mol. The normalized spacial score (nSPS) is 18.7. The SMILES string of the molecule is C[C@@H](O)[C@H](NC(=O)[C@@H](N)CO)C(=O)N[C@@H](CCC(=O)O)C(=O)N1CCC[C@H]1C(=O)N[C@@H](CCC(N)=O)C(=O)N1CCC[C@@H]1C(=O)N[C@@H](Cc1ccc(O)cc1)C(=O)N[C@@H](CCC(N)=O)C(=O)N1CCC[C@H]1C(=O)NCC(=O)N[C@@H](CCC(=O)O)C(=O)N[C@@H](CC(N)=O)C(=O)O. The molecule has 3 fully saturated rings. The zero-order chi connectivity index (χ0) is 71.0. The Bertz CT molecular complexity index is 3040. The number of aliphatic carboxylic acids is 3. The molecule has 1 aromatic rings. The van der Waals surface area contributed by atoms with Gasteiger partial charge in [0, 0.05) is 51.7 Å². The number of amides is 14. The summed E-state index contributed by atoms with van der Waals surface area (Å²) in [6, 6.07) is -12.1. The van der Waals surface area contributed by atoms with Gasteiger partial charge in [-0.05, 0) is 88.8 Å². The molecule has 3 saturated heterocycles. The number of phenolic OH excluding ortho intramolecular Hbond substituents is 1. The zero-order valence-electron chi connectivity index (χ0n) is 51.9. The second-order valence-electron chi connectivity index (χ2n) is 23.0. The molecule has 524 valence electrons. The predicted octanol–water partition coefficient (Wildman–Crippen LogP) is -8.66. The summed E-state index contributed by atoms with van der Waals surface area (Å²) >= 11 is 0. The lowest BCUT2D eigenvalue weighted by molar-refractivity contribution is -0.145. The summed E-state index contributed by atoms with van der Waals surface area (Å²) in [5.74, 6) is -18.7. The van der Waals surface area contributed by atoms with Crippen molar-refractivity contribution in [3.63, 3.8) is 0 Å². The molecule has 0 saturated carbocycles. The number of rotatable bonds is 38. The number of primary amides is 3. The highest BCUT2D eigenvalue weighted by Crippen LogP contribution is 2.25. The molecule has 0 radical (unpaired) electrons. The highest BCUT2D eigenvalue weighted by molar-refractivity contribution is 6.00. The number of nitrogens with zero attached hydrogens (tertiary/aromatic N) is 3. The first-order valence-corrected chi connectivity index (χ1v) is 30.4. The smallest absolute Gasteiger partial charge is 0.326 e. The fraction of sp³-hybridized carbons (Fsp3) is 0.596. The number of carboxylic acid groups (broad SMARTS) is 3. The molecule has 1 aromatic carbocycles. The van der Waals surface area contributed by atoms with Crippen LogP contribution in [0.4, 0.5) is 0 Å². The first-order valence-electron chi connectivity index (χ1n) is 30.4. The Balaban J connectivity index is 1.55. The topological polar surface area (TPSA) is 622 Å². The number of likely N-dealkylation sites (tertiary alicyclic amines) is 3. The molecule has 0 spiro atoms. The maximum absolute atomic E-state index is 14.7. The van der Waals surface area contributed by atoms with E-state index >= 15 is 0 Å². The summed E-state index contributed by atoms with van der Waals surface area (Å²) in [5, 5.41) is 76.6. The number of benzene rings is 1. The van der Waals surface area contributed by atoms with Gasteiger partial charge in [0.25, 0.3) is 0 Å². The number of aliphatic hydroxyl groups excluding tert-OH is 2. The first-order chi connectivity index (χ1) is 44.7. The molecule has 14 amide bonds. The van der Waals surface area contributed by atoms with Gasteiger partial charge in [0.2, 0.25) is 82.7 Å². The molecule has 22 N–H and O–H groups in total. The number of carboxylic acids is 3. The molecule has 12 atom stereocenters. The lowest BCUT2D eigenvalue weighted by Gasteiger charge is -2.33. The summed E-state index contributed by atoms with van der Waals surface area (Å²) in [7, 11) is 0. The van der Waals surface area contributed by atoms with Gasteiger partial charge in [-0.15, -0.1) is 0 Å². The quantitative estimate of drug-likeness (QED) is 0.0292. The van der Waals surface area contributed by atoms with E-state index in [4.69, 9.17) is 22.9 Å². The molecule has 0 unspecified atom stereocenters. The molecule has 38 nitrogen and oxygen atoms in total. The van der Waals surface area contributed by atoms with Gasteiger partial charge in [0.15, 0.2) is 0 Å². The van der Waals surface area contributed by atoms with Crippen LogP contribution in [0, 0.1) is 0 Å². The van der Waals surface area contributed by atoms with Crippen molar-refractivity contribution in [2.24, 2.45) is 22.9 Å². The monoisotopic (exact) mass is 1350 g/mol. The summed E-state index contributed by atoms with van der Waals surface area (Å²) in [5.41, 5.74) is 21.9. The maximum Gasteiger partial charge on any atom is 0.326 e. The van der Waals surface area contributed by atoms with Crippen molar-refractivity contribution in [1.29, 1.82) is 0 Å². The predicted molar refractivity (Wildman–Crippen MR) is 321 cm³/mol. The van der Waals surface area contributed by atoms with Crippen LogP contribution < -0.4 is 65.5 Å². The third-order valence-electron chi connectivity index (χ3n) is 15.7. The maximum atomic E-state index is 14.7. The lowest BCUT2D eigenvalue weighted by Crippen LogP contribution is -2.61.